The fourth-order valence-corrected chi connectivity index (χ4v) is 5.24. The average Bonchev–Trinajstić information content (AvgIpc) is 3.42. The van der Waals surface area contributed by atoms with Gasteiger partial charge in [-0.1, -0.05) is 48.5 Å². The molecule has 0 unspecified atom stereocenters. The van der Waals surface area contributed by atoms with E-state index in [4.69, 9.17) is 5.26 Å². The highest BCUT2D eigenvalue weighted by atomic mass is 32.1. The Morgan fingerprint density at radius 2 is 1.54 bits per heavy atom. The molecule has 0 aliphatic carbocycles. The maximum Gasteiger partial charge on any atom is 0.430 e. The van der Waals surface area contributed by atoms with Crippen LogP contribution in [-0.2, 0) is 12.0 Å². The van der Waals surface area contributed by atoms with Gasteiger partial charge in [0, 0.05) is 16.9 Å². The number of aliphatic hydroxyl groups is 1. The lowest BCUT2D eigenvalue weighted by molar-refractivity contribution is -0.376. The number of alkyl halides is 6. The molecular formula is C29H17F6N3O2S. The second-order valence-electron chi connectivity index (χ2n) is 9.09. The van der Waals surface area contributed by atoms with Crippen LogP contribution < -0.4 is 5.56 Å². The third-order valence-electron chi connectivity index (χ3n) is 6.51. The van der Waals surface area contributed by atoms with Crippen LogP contribution in [0.4, 0.5) is 26.3 Å². The molecule has 0 spiro atoms. The van der Waals surface area contributed by atoms with E-state index in [-0.39, 0.29) is 23.3 Å². The molecule has 1 N–H and O–H groups in total. The molecule has 5 nitrogen and oxygen atoms in total. The average molecular weight is 586 g/mol. The van der Waals surface area contributed by atoms with Crippen LogP contribution in [-0.4, -0.2) is 27.0 Å². The summed E-state index contributed by atoms with van der Waals surface area (Å²) in [5.41, 5.74) is -5.48. The van der Waals surface area contributed by atoms with Gasteiger partial charge in [-0.15, -0.1) is 11.3 Å². The first-order valence-corrected chi connectivity index (χ1v) is 12.7. The van der Waals surface area contributed by atoms with Crippen molar-refractivity contribution in [3.63, 3.8) is 0 Å². The molecule has 2 heterocycles. The lowest BCUT2D eigenvalue weighted by Crippen LogP contribution is -2.53. The highest BCUT2D eigenvalue weighted by Gasteiger charge is 2.71. The summed E-state index contributed by atoms with van der Waals surface area (Å²) in [5.74, 6) is 0.194. The zero-order valence-electron chi connectivity index (χ0n) is 20.7. The van der Waals surface area contributed by atoms with Crippen molar-refractivity contribution in [1.82, 2.24) is 9.55 Å². The Morgan fingerprint density at radius 1 is 0.878 bits per heavy atom. The fourth-order valence-electron chi connectivity index (χ4n) is 4.44. The summed E-state index contributed by atoms with van der Waals surface area (Å²) in [6.07, 6.45) is -12.0. The van der Waals surface area contributed by atoms with Crippen LogP contribution in [0.1, 0.15) is 21.8 Å². The van der Waals surface area contributed by atoms with Gasteiger partial charge in [-0.25, -0.2) is 4.98 Å². The van der Waals surface area contributed by atoms with Crippen LogP contribution >= 0.6 is 11.3 Å². The number of rotatable bonds is 5. The van der Waals surface area contributed by atoms with Gasteiger partial charge in [0.2, 0.25) is 0 Å². The first kappa shape index (κ1) is 28.1. The van der Waals surface area contributed by atoms with Crippen LogP contribution in [0.15, 0.2) is 89.7 Å². The van der Waals surface area contributed by atoms with Crippen LogP contribution in [0.5, 0.6) is 0 Å². The topological polar surface area (TPSA) is 78.9 Å². The maximum atomic E-state index is 13.8. The summed E-state index contributed by atoms with van der Waals surface area (Å²) in [7, 11) is 0. The minimum Gasteiger partial charge on any atom is -0.369 e. The van der Waals surface area contributed by atoms with Crippen molar-refractivity contribution in [2.75, 3.05) is 0 Å². The van der Waals surface area contributed by atoms with Crippen LogP contribution in [0.2, 0.25) is 0 Å². The Labute approximate surface area is 232 Å². The van der Waals surface area contributed by atoms with Gasteiger partial charge >= 0.3 is 12.4 Å². The molecule has 2 aromatic heterocycles. The van der Waals surface area contributed by atoms with Crippen LogP contribution in [0.3, 0.4) is 0 Å². The zero-order chi connectivity index (χ0) is 29.6. The maximum absolute atomic E-state index is 13.8. The molecule has 3 aromatic carbocycles. The minimum absolute atomic E-state index is 0.0425. The first-order chi connectivity index (χ1) is 19.3. The van der Waals surface area contributed by atoms with E-state index in [1.165, 1.54) is 11.3 Å². The minimum atomic E-state index is -6.05. The molecule has 0 radical (unpaired) electrons. The van der Waals surface area contributed by atoms with Crippen molar-refractivity contribution in [3.05, 3.63) is 117 Å². The number of fused-ring (bicyclic) bond motifs is 1. The SMILES string of the molecule is N#Cc1ccc(-c2ccc3nc(Cc4ccccc4)n(-c4ccc(C(O)(C(F)(F)F)C(F)(F)F)cc4)c(=O)c3c2)s1. The Kier molecular flexibility index (Phi) is 6.97. The summed E-state index contributed by atoms with van der Waals surface area (Å²) in [5, 5.41) is 19.1. The highest BCUT2D eigenvalue weighted by Crippen LogP contribution is 2.50. The quantitative estimate of drug-likeness (QED) is 0.228. The summed E-state index contributed by atoms with van der Waals surface area (Å²) in [6.45, 7) is 0. The molecule has 0 amide bonds. The van der Waals surface area contributed by atoms with E-state index in [9.17, 15) is 36.2 Å². The Hall–Kier alpha value is -4.47. The Balaban J connectivity index is 1.69. The second-order valence-corrected chi connectivity index (χ2v) is 10.2. The number of hydrogen-bond donors (Lipinski definition) is 1. The van der Waals surface area contributed by atoms with Gasteiger partial charge in [-0.3, -0.25) is 9.36 Å². The van der Waals surface area contributed by atoms with E-state index in [0.717, 1.165) is 22.3 Å². The lowest BCUT2D eigenvalue weighted by Gasteiger charge is -2.32. The molecule has 5 rings (SSSR count). The van der Waals surface area contributed by atoms with Gasteiger partial charge in [0.1, 0.15) is 16.8 Å². The van der Waals surface area contributed by atoms with Crippen molar-refractivity contribution in [1.29, 1.82) is 5.26 Å². The van der Waals surface area contributed by atoms with Crippen molar-refractivity contribution in [3.8, 4) is 22.2 Å². The molecule has 0 aliphatic rings. The zero-order valence-corrected chi connectivity index (χ0v) is 21.5. The van der Waals surface area contributed by atoms with Gasteiger partial charge in [0.05, 0.1) is 16.6 Å². The van der Waals surface area contributed by atoms with E-state index in [0.29, 0.717) is 33.0 Å². The monoisotopic (exact) mass is 585 g/mol. The van der Waals surface area contributed by atoms with E-state index < -0.39 is 29.1 Å². The van der Waals surface area contributed by atoms with Gasteiger partial charge in [-0.05, 0) is 47.5 Å². The standard InChI is InChI=1S/C29H17F6N3O2S/c30-28(31,32)27(40,29(33,34)35)19-7-9-20(10-8-19)38-25(14-17-4-2-1-3-5-17)37-23-12-6-18(15-22(23)26(38)39)24-13-11-21(16-36)41-24/h1-13,15,40H,14H2. The number of benzene rings is 3. The van der Waals surface area contributed by atoms with Crippen molar-refractivity contribution < 1.29 is 31.4 Å². The fraction of sp³-hybridized carbons (Fsp3) is 0.138. The molecule has 0 saturated heterocycles. The number of aromatic nitrogens is 2. The highest BCUT2D eigenvalue weighted by molar-refractivity contribution is 7.16. The molecule has 0 fully saturated rings. The summed E-state index contributed by atoms with van der Waals surface area (Å²) < 4.78 is 81.5. The number of hydrogen-bond acceptors (Lipinski definition) is 5. The smallest absolute Gasteiger partial charge is 0.369 e. The molecule has 12 heteroatoms. The molecule has 0 atom stereocenters. The predicted octanol–water partition coefficient (Wildman–Crippen LogP) is 6.89. The molecule has 0 bridgehead atoms. The number of thiophene rings is 1. The van der Waals surface area contributed by atoms with Gasteiger partial charge in [0.15, 0.2) is 0 Å². The Bertz CT molecular complexity index is 1820. The third-order valence-corrected chi connectivity index (χ3v) is 7.55. The van der Waals surface area contributed by atoms with E-state index in [2.05, 4.69) is 4.98 Å². The summed E-state index contributed by atoms with van der Waals surface area (Å²) in [6, 6.07) is 22.0. The largest absolute Gasteiger partial charge is 0.430 e. The number of nitriles is 1. The molecule has 0 saturated carbocycles. The molecule has 0 aliphatic heterocycles. The van der Waals surface area contributed by atoms with E-state index in [1.54, 1.807) is 60.7 Å². The van der Waals surface area contributed by atoms with Crippen LogP contribution in [0, 0.1) is 11.3 Å². The molecule has 5 aromatic rings. The van der Waals surface area contributed by atoms with Gasteiger partial charge in [0.25, 0.3) is 11.2 Å². The number of halogens is 6. The normalized spacial score (nSPS) is 12.4. The van der Waals surface area contributed by atoms with Crippen LogP contribution in [0.25, 0.3) is 27.0 Å². The molecule has 41 heavy (non-hydrogen) atoms. The third kappa shape index (κ3) is 4.98. The van der Waals surface area contributed by atoms with E-state index in [1.807, 2.05) is 6.07 Å². The molecule has 208 valence electrons. The lowest BCUT2D eigenvalue weighted by atomic mass is 9.92. The van der Waals surface area contributed by atoms with Crippen molar-refractivity contribution >= 4 is 22.2 Å². The van der Waals surface area contributed by atoms with Crippen molar-refractivity contribution in [2.24, 2.45) is 0 Å². The Morgan fingerprint density at radius 3 is 2.12 bits per heavy atom. The first-order valence-electron chi connectivity index (χ1n) is 11.9. The summed E-state index contributed by atoms with van der Waals surface area (Å²) >= 11 is 1.22. The second kappa shape index (κ2) is 10.2. The van der Waals surface area contributed by atoms with Gasteiger partial charge in [-0.2, -0.15) is 31.6 Å². The predicted molar refractivity (Wildman–Crippen MR) is 141 cm³/mol. The van der Waals surface area contributed by atoms with E-state index >= 15 is 0 Å². The molecular weight excluding hydrogens is 568 g/mol. The summed E-state index contributed by atoms with van der Waals surface area (Å²) in [4.78, 5) is 19.6. The van der Waals surface area contributed by atoms with Gasteiger partial charge < -0.3 is 5.11 Å². The number of nitrogens with zero attached hydrogens (tertiary/aromatic N) is 3. The van der Waals surface area contributed by atoms with Crippen molar-refractivity contribution in [2.45, 2.75) is 24.4 Å².